The van der Waals surface area contributed by atoms with Gasteiger partial charge in [0.2, 0.25) is 5.91 Å². The van der Waals surface area contributed by atoms with Gasteiger partial charge in [-0.25, -0.2) is 0 Å². The molecule has 0 bridgehead atoms. The topological polar surface area (TPSA) is 29.1 Å². The van der Waals surface area contributed by atoms with Crippen molar-refractivity contribution >= 4 is 5.91 Å². The zero-order valence-electron chi connectivity index (χ0n) is 14.1. The van der Waals surface area contributed by atoms with Crippen molar-refractivity contribution in [3.8, 4) is 0 Å². The van der Waals surface area contributed by atoms with Gasteiger partial charge in [0.1, 0.15) is 0 Å². The Labute approximate surface area is 114 Å². The van der Waals surface area contributed by atoms with Crippen LogP contribution in [0.15, 0.2) is 0 Å². The SMILES string of the molecule is CC(C)(C)CC(C)(C)NC(=O)C(C)(C)C(C)(C)C. The molecule has 0 aromatic carbocycles. The lowest BCUT2D eigenvalue weighted by Gasteiger charge is -2.41. The third kappa shape index (κ3) is 4.99. The van der Waals surface area contributed by atoms with E-state index in [1.165, 1.54) is 0 Å². The second kappa shape index (κ2) is 4.86. The number of nitrogens with one attached hydrogen (secondary N) is 1. The molecule has 1 amide bonds. The fourth-order valence-electron chi connectivity index (χ4n) is 2.17. The highest BCUT2D eigenvalue weighted by molar-refractivity contribution is 5.83. The van der Waals surface area contributed by atoms with E-state index in [2.05, 4.69) is 60.7 Å². The van der Waals surface area contributed by atoms with Crippen LogP contribution in [0.5, 0.6) is 0 Å². The molecule has 0 radical (unpaired) electrons. The summed E-state index contributed by atoms with van der Waals surface area (Å²) in [7, 11) is 0. The maximum absolute atomic E-state index is 12.5. The summed E-state index contributed by atoms with van der Waals surface area (Å²) in [6, 6.07) is 0. The molecule has 108 valence electrons. The van der Waals surface area contributed by atoms with Crippen LogP contribution in [0.25, 0.3) is 0 Å². The van der Waals surface area contributed by atoms with Gasteiger partial charge in [-0.1, -0.05) is 55.4 Å². The van der Waals surface area contributed by atoms with Crippen molar-refractivity contribution in [1.82, 2.24) is 5.32 Å². The molecule has 0 unspecified atom stereocenters. The van der Waals surface area contributed by atoms with Crippen molar-refractivity contribution in [3.05, 3.63) is 0 Å². The average Bonchev–Trinajstić information content (AvgIpc) is 1.94. The van der Waals surface area contributed by atoms with E-state index in [9.17, 15) is 4.79 Å². The summed E-state index contributed by atoms with van der Waals surface area (Å²) in [5.74, 6) is 0.143. The first-order valence-corrected chi connectivity index (χ1v) is 6.91. The number of hydrogen-bond donors (Lipinski definition) is 1. The predicted molar refractivity (Wildman–Crippen MR) is 79.5 cm³/mol. The van der Waals surface area contributed by atoms with E-state index >= 15 is 0 Å². The van der Waals surface area contributed by atoms with Crippen LogP contribution in [-0.4, -0.2) is 11.4 Å². The van der Waals surface area contributed by atoms with Crippen molar-refractivity contribution in [1.29, 1.82) is 0 Å². The van der Waals surface area contributed by atoms with E-state index in [-0.39, 0.29) is 27.7 Å². The lowest BCUT2D eigenvalue weighted by atomic mass is 9.68. The molecule has 0 saturated carbocycles. The van der Waals surface area contributed by atoms with Crippen LogP contribution < -0.4 is 5.32 Å². The maximum atomic E-state index is 12.5. The molecule has 0 aromatic heterocycles. The summed E-state index contributed by atoms with van der Waals surface area (Å²) in [5.41, 5.74) is -0.377. The highest BCUT2D eigenvalue weighted by Crippen LogP contribution is 2.39. The maximum Gasteiger partial charge on any atom is 0.226 e. The molecule has 0 aliphatic heterocycles. The number of amides is 1. The summed E-state index contributed by atoms with van der Waals surface area (Å²) in [6.45, 7) is 21.2. The van der Waals surface area contributed by atoms with Crippen LogP contribution in [0.2, 0.25) is 0 Å². The summed E-state index contributed by atoms with van der Waals surface area (Å²) in [4.78, 5) is 12.5. The van der Waals surface area contributed by atoms with Crippen LogP contribution in [-0.2, 0) is 4.79 Å². The van der Waals surface area contributed by atoms with Gasteiger partial charge in [0, 0.05) is 11.0 Å². The molecule has 2 heteroatoms. The quantitative estimate of drug-likeness (QED) is 0.796. The zero-order chi connectivity index (χ0) is 15.0. The zero-order valence-corrected chi connectivity index (χ0v) is 14.1. The van der Waals surface area contributed by atoms with E-state index in [1.807, 2.05) is 13.8 Å². The monoisotopic (exact) mass is 255 g/mol. The predicted octanol–water partition coefficient (Wildman–Crippen LogP) is 4.39. The van der Waals surface area contributed by atoms with Crippen LogP contribution in [0, 0.1) is 16.2 Å². The van der Waals surface area contributed by atoms with Gasteiger partial charge in [-0.2, -0.15) is 0 Å². The minimum absolute atomic E-state index is 0.0467. The van der Waals surface area contributed by atoms with Crippen molar-refractivity contribution < 1.29 is 4.79 Å². The first-order valence-electron chi connectivity index (χ1n) is 6.91. The van der Waals surface area contributed by atoms with Gasteiger partial charge < -0.3 is 5.32 Å². The number of rotatable bonds is 3. The fraction of sp³-hybridized carbons (Fsp3) is 0.938. The van der Waals surface area contributed by atoms with Gasteiger partial charge in [0.15, 0.2) is 0 Å². The van der Waals surface area contributed by atoms with Crippen LogP contribution in [0.3, 0.4) is 0 Å². The molecule has 0 heterocycles. The van der Waals surface area contributed by atoms with Gasteiger partial charge >= 0.3 is 0 Å². The second-order valence-electron chi connectivity index (χ2n) is 8.95. The van der Waals surface area contributed by atoms with Crippen molar-refractivity contribution in [2.75, 3.05) is 0 Å². The molecule has 18 heavy (non-hydrogen) atoms. The highest BCUT2D eigenvalue weighted by Gasteiger charge is 2.41. The van der Waals surface area contributed by atoms with E-state index in [1.54, 1.807) is 0 Å². The molecule has 0 atom stereocenters. The van der Waals surface area contributed by atoms with Gasteiger partial charge in [-0.15, -0.1) is 0 Å². The minimum atomic E-state index is -0.373. The van der Waals surface area contributed by atoms with Crippen molar-refractivity contribution in [2.45, 2.75) is 81.2 Å². The molecule has 0 aliphatic rings. The minimum Gasteiger partial charge on any atom is -0.351 e. The van der Waals surface area contributed by atoms with Gasteiger partial charge in [0.05, 0.1) is 0 Å². The van der Waals surface area contributed by atoms with Gasteiger partial charge in [-0.3, -0.25) is 4.79 Å². The molecule has 2 nitrogen and oxygen atoms in total. The lowest BCUT2D eigenvalue weighted by molar-refractivity contribution is -0.136. The number of carbonyl (C=O) groups excluding carboxylic acids is 1. The van der Waals surface area contributed by atoms with E-state index < -0.39 is 0 Å². The third-order valence-corrected chi connectivity index (χ3v) is 3.87. The first-order chi connectivity index (χ1) is 7.58. The summed E-state index contributed by atoms with van der Waals surface area (Å²) < 4.78 is 0. The van der Waals surface area contributed by atoms with Crippen molar-refractivity contribution in [3.63, 3.8) is 0 Å². The molecule has 0 saturated heterocycles. The average molecular weight is 255 g/mol. The second-order valence-corrected chi connectivity index (χ2v) is 8.95. The third-order valence-electron chi connectivity index (χ3n) is 3.87. The molecule has 1 N–H and O–H groups in total. The number of carbonyl (C=O) groups is 1. The Kier molecular flexibility index (Phi) is 4.72. The Hall–Kier alpha value is -0.530. The van der Waals surface area contributed by atoms with E-state index in [0.717, 1.165) is 6.42 Å². The Morgan fingerprint density at radius 3 is 1.50 bits per heavy atom. The molecule has 0 spiro atoms. The van der Waals surface area contributed by atoms with E-state index in [4.69, 9.17) is 0 Å². The molecule has 0 rings (SSSR count). The smallest absolute Gasteiger partial charge is 0.226 e. The molecule has 0 aliphatic carbocycles. The number of hydrogen-bond acceptors (Lipinski definition) is 1. The summed E-state index contributed by atoms with van der Waals surface area (Å²) in [6.07, 6.45) is 0.964. The molecular weight excluding hydrogens is 222 g/mol. The Bertz CT molecular complexity index is 300. The standard InChI is InChI=1S/C16H33NO/c1-13(2,3)11-15(7,8)17-12(18)16(9,10)14(4,5)6/h11H2,1-10H3,(H,17,18). The first kappa shape index (κ1) is 17.5. The van der Waals surface area contributed by atoms with Crippen LogP contribution >= 0.6 is 0 Å². The van der Waals surface area contributed by atoms with Gasteiger partial charge in [0.25, 0.3) is 0 Å². The van der Waals surface area contributed by atoms with E-state index in [0.29, 0.717) is 0 Å². The molecular formula is C16H33NO. The normalized spacial score (nSPS) is 14.6. The largest absolute Gasteiger partial charge is 0.351 e. The lowest BCUT2D eigenvalue weighted by Crippen LogP contribution is -2.53. The fourth-order valence-corrected chi connectivity index (χ4v) is 2.17. The summed E-state index contributed by atoms with van der Waals surface area (Å²) in [5, 5.41) is 3.22. The molecule has 0 aromatic rings. The summed E-state index contributed by atoms with van der Waals surface area (Å²) >= 11 is 0. The van der Waals surface area contributed by atoms with Crippen LogP contribution in [0.4, 0.5) is 0 Å². The van der Waals surface area contributed by atoms with Crippen LogP contribution in [0.1, 0.15) is 75.7 Å². The Balaban J connectivity index is 4.87. The van der Waals surface area contributed by atoms with Crippen molar-refractivity contribution in [2.24, 2.45) is 16.2 Å². The highest BCUT2D eigenvalue weighted by atomic mass is 16.2. The Morgan fingerprint density at radius 1 is 0.833 bits per heavy atom. The Morgan fingerprint density at radius 2 is 1.22 bits per heavy atom. The molecule has 0 fully saturated rings. The van der Waals surface area contributed by atoms with Gasteiger partial charge in [-0.05, 0) is 31.1 Å².